The smallest absolute Gasteiger partial charge is 0.202 e. The van der Waals surface area contributed by atoms with E-state index < -0.39 is 0 Å². The molecule has 0 fully saturated rings. The van der Waals surface area contributed by atoms with Gasteiger partial charge in [-0.2, -0.15) is 0 Å². The Hall–Kier alpha value is -0.990. The van der Waals surface area contributed by atoms with Gasteiger partial charge in [0.25, 0.3) is 0 Å². The zero-order valence-corrected chi connectivity index (χ0v) is 10.9. The molecular weight excluding hydrogens is 198 g/mol. The highest BCUT2D eigenvalue weighted by molar-refractivity contribution is 5.27. The van der Waals surface area contributed by atoms with Crippen LogP contribution in [0, 0.1) is 0 Å². The number of aromatic nitrogens is 2. The number of nitrogens with zero attached hydrogens (tertiary/aromatic N) is 2. The molecule has 0 aromatic carbocycles. The zero-order chi connectivity index (χ0) is 11.8. The van der Waals surface area contributed by atoms with E-state index in [0.29, 0.717) is 6.04 Å². The molecule has 16 heavy (non-hydrogen) atoms. The van der Waals surface area contributed by atoms with Crippen LogP contribution in [0.3, 0.4) is 0 Å². The molecule has 0 amide bonds. The molecule has 0 bridgehead atoms. The standard InChI is InChI=1S/C13H25N3/c1-4-6-7-8-12(3)15-13-14-9-11-16(13)10-5-2/h9,11-12H,4-8,10H2,1-3H3,(H,14,15). The summed E-state index contributed by atoms with van der Waals surface area (Å²) in [6.45, 7) is 7.71. The number of hydrogen-bond donors (Lipinski definition) is 1. The second-order valence-electron chi connectivity index (χ2n) is 4.49. The summed E-state index contributed by atoms with van der Waals surface area (Å²) in [5.74, 6) is 1.02. The van der Waals surface area contributed by atoms with Crippen LogP contribution in [0.15, 0.2) is 12.4 Å². The number of aryl methyl sites for hydroxylation is 1. The van der Waals surface area contributed by atoms with Gasteiger partial charge in [0.2, 0.25) is 5.95 Å². The fraction of sp³-hybridized carbons (Fsp3) is 0.769. The van der Waals surface area contributed by atoms with E-state index in [-0.39, 0.29) is 0 Å². The van der Waals surface area contributed by atoms with Crippen LogP contribution >= 0.6 is 0 Å². The van der Waals surface area contributed by atoms with Gasteiger partial charge in [-0.05, 0) is 19.8 Å². The van der Waals surface area contributed by atoms with Gasteiger partial charge in [0.1, 0.15) is 0 Å². The Morgan fingerprint density at radius 1 is 1.31 bits per heavy atom. The van der Waals surface area contributed by atoms with Crippen molar-refractivity contribution in [1.82, 2.24) is 9.55 Å². The van der Waals surface area contributed by atoms with E-state index in [4.69, 9.17) is 0 Å². The molecule has 92 valence electrons. The summed E-state index contributed by atoms with van der Waals surface area (Å²) >= 11 is 0. The Labute approximate surface area is 99.3 Å². The predicted molar refractivity (Wildman–Crippen MR) is 69.7 cm³/mol. The molecule has 0 saturated heterocycles. The van der Waals surface area contributed by atoms with Gasteiger partial charge in [-0.15, -0.1) is 0 Å². The summed E-state index contributed by atoms with van der Waals surface area (Å²) in [5, 5.41) is 3.49. The molecule has 1 N–H and O–H groups in total. The minimum atomic E-state index is 0.518. The maximum atomic E-state index is 4.35. The highest BCUT2D eigenvalue weighted by atomic mass is 15.2. The van der Waals surface area contributed by atoms with Crippen LogP contribution in [0.4, 0.5) is 5.95 Å². The molecule has 0 aliphatic carbocycles. The third kappa shape index (κ3) is 4.25. The monoisotopic (exact) mass is 223 g/mol. The van der Waals surface area contributed by atoms with Gasteiger partial charge in [0.05, 0.1) is 0 Å². The molecule has 1 aromatic rings. The van der Waals surface area contributed by atoms with Crippen LogP contribution in [-0.4, -0.2) is 15.6 Å². The molecule has 0 aliphatic heterocycles. The van der Waals surface area contributed by atoms with E-state index >= 15 is 0 Å². The van der Waals surface area contributed by atoms with E-state index in [1.807, 2.05) is 12.4 Å². The lowest BCUT2D eigenvalue weighted by molar-refractivity contribution is 0.602. The minimum Gasteiger partial charge on any atom is -0.353 e. The first-order valence-electron chi connectivity index (χ1n) is 6.55. The van der Waals surface area contributed by atoms with E-state index in [1.54, 1.807) is 0 Å². The molecule has 3 nitrogen and oxygen atoms in total. The van der Waals surface area contributed by atoms with Gasteiger partial charge >= 0.3 is 0 Å². The first-order valence-corrected chi connectivity index (χ1v) is 6.55. The molecule has 0 saturated carbocycles. The first kappa shape index (κ1) is 13.1. The van der Waals surface area contributed by atoms with Crippen LogP contribution < -0.4 is 5.32 Å². The maximum absolute atomic E-state index is 4.35. The summed E-state index contributed by atoms with van der Waals surface area (Å²) in [6, 6.07) is 0.518. The van der Waals surface area contributed by atoms with Crippen molar-refractivity contribution in [2.45, 2.75) is 65.5 Å². The SMILES string of the molecule is CCCCCC(C)Nc1nccn1CCC. The summed E-state index contributed by atoms with van der Waals surface area (Å²) in [7, 11) is 0. The Bertz CT molecular complexity index is 280. The minimum absolute atomic E-state index is 0.518. The molecule has 1 aromatic heterocycles. The molecule has 0 aliphatic rings. The topological polar surface area (TPSA) is 29.9 Å². The Kier molecular flexibility index (Phi) is 5.98. The molecule has 3 heteroatoms. The van der Waals surface area contributed by atoms with Gasteiger partial charge in [0, 0.05) is 25.0 Å². The second-order valence-corrected chi connectivity index (χ2v) is 4.49. The Morgan fingerprint density at radius 3 is 2.81 bits per heavy atom. The summed E-state index contributed by atoms with van der Waals surface area (Å²) in [6.07, 6.45) is 10.2. The zero-order valence-electron chi connectivity index (χ0n) is 10.9. The third-order valence-corrected chi connectivity index (χ3v) is 2.80. The molecule has 1 heterocycles. The highest BCUT2D eigenvalue weighted by Crippen LogP contribution is 2.10. The van der Waals surface area contributed by atoms with Crippen LogP contribution in [0.5, 0.6) is 0 Å². The summed E-state index contributed by atoms with van der Waals surface area (Å²) in [4.78, 5) is 4.35. The Balaban J connectivity index is 2.36. The van der Waals surface area contributed by atoms with E-state index in [0.717, 1.165) is 18.9 Å². The predicted octanol–water partition coefficient (Wildman–Crippen LogP) is 3.67. The van der Waals surface area contributed by atoms with Crippen LogP contribution in [0.2, 0.25) is 0 Å². The molecular formula is C13H25N3. The van der Waals surface area contributed by atoms with Crippen molar-refractivity contribution < 1.29 is 0 Å². The van der Waals surface area contributed by atoms with Crippen molar-refractivity contribution in [3.8, 4) is 0 Å². The summed E-state index contributed by atoms with van der Waals surface area (Å²) in [5.41, 5.74) is 0. The van der Waals surface area contributed by atoms with E-state index in [1.165, 1.54) is 25.7 Å². The fourth-order valence-corrected chi connectivity index (χ4v) is 1.86. The van der Waals surface area contributed by atoms with Crippen LogP contribution in [0.1, 0.15) is 52.9 Å². The average Bonchev–Trinajstić information content (AvgIpc) is 2.67. The van der Waals surface area contributed by atoms with Gasteiger partial charge in [-0.25, -0.2) is 4.98 Å². The fourth-order valence-electron chi connectivity index (χ4n) is 1.86. The lowest BCUT2D eigenvalue weighted by atomic mass is 10.1. The van der Waals surface area contributed by atoms with Crippen molar-refractivity contribution in [3.05, 3.63) is 12.4 Å². The second kappa shape index (κ2) is 7.31. The number of unbranched alkanes of at least 4 members (excludes halogenated alkanes) is 2. The molecule has 0 spiro atoms. The average molecular weight is 223 g/mol. The van der Waals surface area contributed by atoms with Crippen molar-refractivity contribution in [2.75, 3.05) is 5.32 Å². The van der Waals surface area contributed by atoms with Crippen molar-refractivity contribution >= 4 is 5.95 Å². The normalized spacial score (nSPS) is 12.7. The number of rotatable bonds is 8. The number of imidazole rings is 1. The lowest BCUT2D eigenvalue weighted by Crippen LogP contribution is -2.18. The lowest BCUT2D eigenvalue weighted by Gasteiger charge is -2.15. The van der Waals surface area contributed by atoms with Gasteiger partial charge in [0.15, 0.2) is 0 Å². The number of nitrogens with one attached hydrogen (secondary N) is 1. The van der Waals surface area contributed by atoms with E-state index in [2.05, 4.69) is 35.6 Å². The quantitative estimate of drug-likeness (QED) is 0.681. The Morgan fingerprint density at radius 2 is 2.12 bits per heavy atom. The molecule has 1 rings (SSSR count). The summed E-state index contributed by atoms with van der Waals surface area (Å²) < 4.78 is 2.19. The van der Waals surface area contributed by atoms with Gasteiger partial charge in [-0.3, -0.25) is 0 Å². The highest BCUT2D eigenvalue weighted by Gasteiger charge is 2.06. The van der Waals surface area contributed by atoms with Gasteiger partial charge < -0.3 is 9.88 Å². The van der Waals surface area contributed by atoms with Crippen LogP contribution in [-0.2, 0) is 6.54 Å². The third-order valence-electron chi connectivity index (χ3n) is 2.80. The maximum Gasteiger partial charge on any atom is 0.202 e. The molecule has 1 atom stereocenters. The molecule has 1 unspecified atom stereocenters. The van der Waals surface area contributed by atoms with Crippen molar-refractivity contribution in [1.29, 1.82) is 0 Å². The van der Waals surface area contributed by atoms with Crippen LogP contribution in [0.25, 0.3) is 0 Å². The van der Waals surface area contributed by atoms with Crippen molar-refractivity contribution in [3.63, 3.8) is 0 Å². The number of anilines is 1. The first-order chi connectivity index (χ1) is 7.77. The van der Waals surface area contributed by atoms with E-state index in [9.17, 15) is 0 Å². The van der Waals surface area contributed by atoms with Crippen molar-refractivity contribution in [2.24, 2.45) is 0 Å². The van der Waals surface area contributed by atoms with Gasteiger partial charge in [-0.1, -0.05) is 33.1 Å². The largest absolute Gasteiger partial charge is 0.353 e. The molecule has 0 radical (unpaired) electrons. The number of hydrogen-bond acceptors (Lipinski definition) is 2.